The molecule has 1 aromatic carbocycles. The molecule has 0 saturated carbocycles. The monoisotopic (exact) mass is 201 g/mol. The average molecular weight is 201 g/mol. The van der Waals surface area contributed by atoms with Gasteiger partial charge in [0.2, 0.25) is 0 Å². The van der Waals surface area contributed by atoms with Gasteiger partial charge in [0.25, 0.3) is 0 Å². The number of hydrogen-bond acceptors (Lipinski definition) is 2. The Balaban J connectivity index is 2.24. The Bertz CT molecular complexity index is 459. The van der Waals surface area contributed by atoms with Gasteiger partial charge in [0, 0.05) is 12.6 Å². The van der Waals surface area contributed by atoms with Crippen LogP contribution in [0.1, 0.15) is 6.42 Å². The van der Waals surface area contributed by atoms with Gasteiger partial charge in [-0.2, -0.15) is 0 Å². The molecule has 15 heavy (non-hydrogen) atoms. The molecule has 0 saturated heterocycles. The van der Waals surface area contributed by atoms with E-state index in [1.54, 1.807) is 0 Å². The van der Waals surface area contributed by atoms with Crippen LogP contribution in [0.3, 0.4) is 0 Å². The zero-order valence-electron chi connectivity index (χ0n) is 8.63. The first kappa shape index (κ1) is 9.93. The lowest BCUT2D eigenvalue weighted by Gasteiger charge is -2.10. The number of fused-ring (bicyclic) bond motifs is 1. The zero-order valence-corrected chi connectivity index (χ0v) is 8.63. The highest BCUT2D eigenvalue weighted by Gasteiger charge is 2.05. The normalized spacial score (nSPS) is 12.9. The molecule has 0 amide bonds. The Morgan fingerprint density at radius 2 is 2.27 bits per heavy atom. The molecule has 0 fully saturated rings. The van der Waals surface area contributed by atoms with Gasteiger partial charge < -0.3 is 10.3 Å². The minimum absolute atomic E-state index is 0.111. The molecule has 1 heterocycles. The second kappa shape index (κ2) is 4.28. The fourth-order valence-electron chi connectivity index (χ4n) is 1.70. The van der Waals surface area contributed by atoms with Crippen molar-refractivity contribution in [1.82, 2.24) is 9.55 Å². The molecule has 3 heteroatoms. The van der Waals surface area contributed by atoms with Crippen molar-refractivity contribution in [3.63, 3.8) is 0 Å². The van der Waals surface area contributed by atoms with Crippen LogP contribution in [0.4, 0.5) is 0 Å². The lowest BCUT2D eigenvalue weighted by atomic mass is 10.2. The standard InChI is InChI=1S/C12H15N3/c1-2-5-10(13)8-15-9-14-11-6-3-4-7-12(11)15/h2-4,6-7,9-10H,1,5,8,13H2. The summed E-state index contributed by atoms with van der Waals surface area (Å²) in [4.78, 5) is 4.31. The SMILES string of the molecule is C=CCC(N)Cn1cnc2ccccc21. The minimum atomic E-state index is 0.111. The summed E-state index contributed by atoms with van der Waals surface area (Å²) >= 11 is 0. The molecule has 0 aliphatic heterocycles. The molecule has 0 aliphatic carbocycles. The van der Waals surface area contributed by atoms with Crippen molar-refractivity contribution >= 4 is 11.0 Å². The van der Waals surface area contributed by atoms with Crippen molar-refractivity contribution in [3.05, 3.63) is 43.2 Å². The van der Waals surface area contributed by atoms with Crippen LogP contribution in [0.5, 0.6) is 0 Å². The number of benzene rings is 1. The van der Waals surface area contributed by atoms with Crippen LogP contribution in [0.25, 0.3) is 11.0 Å². The largest absolute Gasteiger partial charge is 0.329 e. The zero-order chi connectivity index (χ0) is 10.7. The fraction of sp³-hybridized carbons (Fsp3) is 0.250. The minimum Gasteiger partial charge on any atom is -0.329 e. The summed E-state index contributed by atoms with van der Waals surface area (Å²) < 4.78 is 2.09. The first-order valence-corrected chi connectivity index (χ1v) is 5.07. The second-order valence-electron chi connectivity index (χ2n) is 3.67. The maximum Gasteiger partial charge on any atom is 0.0958 e. The second-order valence-corrected chi connectivity index (χ2v) is 3.67. The van der Waals surface area contributed by atoms with Crippen molar-refractivity contribution < 1.29 is 0 Å². The highest BCUT2D eigenvalue weighted by atomic mass is 15.1. The Hall–Kier alpha value is -1.61. The van der Waals surface area contributed by atoms with Crippen LogP contribution >= 0.6 is 0 Å². The molecular weight excluding hydrogens is 186 g/mol. The molecule has 3 nitrogen and oxygen atoms in total. The lowest BCUT2D eigenvalue weighted by molar-refractivity contribution is 0.567. The van der Waals surface area contributed by atoms with E-state index < -0.39 is 0 Å². The van der Waals surface area contributed by atoms with Crippen molar-refractivity contribution in [2.24, 2.45) is 5.73 Å². The number of rotatable bonds is 4. The van der Waals surface area contributed by atoms with E-state index in [1.807, 2.05) is 30.6 Å². The Kier molecular flexibility index (Phi) is 2.83. The molecule has 0 spiro atoms. The molecule has 1 unspecified atom stereocenters. The van der Waals surface area contributed by atoms with Gasteiger partial charge in [0.15, 0.2) is 0 Å². The van der Waals surface area contributed by atoms with Gasteiger partial charge in [-0.1, -0.05) is 18.2 Å². The number of hydrogen-bond donors (Lipinski definition) is 1. The van der Waals surface area contributed by atoms with E-state index in [-0.39, 0.29) is 6.04 Å². The van der Waals surface area contributed by atoms with E-state index in [1.165, 1.54) is 0 Å². The summed E-state index contributed by atoms with van der Waals surface area (Å²) in [5, 5.41) is 0. The Morgan fingerprint density at radius 3 is 3.07 bits per heavy atom. The van der Waals surface area contributed by atoms with Crippen LogP contribution < -0.4 is 5.73 Å². The van der Waals surface area contributed by atoms with Gasteiger partial charge in [-0.15, -0.1) is 6.58 Å². The molecule has 1 aromatic heterocycles. The average Bonchev–Trinajstić information content (AvgIpc) is 2.62. The van der Waals surface area contributed by atoms with E-state index >= 15 is 0 Å². The summed E-state index contributed by atoms with van der Waals surface area (Å²) in [5.74, 6) is 0. The molecule has 2 rings (SSSR count). The summed E-state index contributed by atoms with van der Waals surface area (Å²) in [6.07, 6.45) is 4.52. The first-order chi connectivity index (χ1) is 7.31. The summed E-state index contributed by atoms with van der Waals surface area (Å²) in [5.41, 5.74) is 8.10. The highest BCUT2D eigenvalue weighted by molar-refractivity contribution is 5.74. The van der Waals surface area contributed by atoms with E-state index in [2.05, 4.69) is 22.2 Å². The van der Waals surface area contributed by atoms with E-state index in [0.29, 0.717) is 0 Å². The molecule has 2 N–H and O–H groups in total. The van der Waals surface area contributed by atoms with Gasteiger partial charge in [0.1, 0.15) is 0 Å². The number of imidazole rings is 1. The van der Waals surface area contributed by atoms with E-state index in [0.717, 1.165) is 24.0 Å². The predicted octanol–water partition coefficient (Wildman–Crippen LogP) is 1.94. The van der Waals surface area contributed by atoms with Crippen molar-refractivity contribution in [2.45, 2.75) is 19.0 Å². The third kappa shape index (κ3) is 2.07. The summed E-state index contributed by atoms with van der Waals surface area (Å²) in [6, 6.07) is 8.18. The number of nitrogens with zero attached hydrogens (tertiary/aromatic N) is 2. The molecule has 0 bridgehead atoms. The summed E-state index contributed by atoms with van der Waals surface area (Å²) in [6.45, 7) is 4.47. The fourth-order valence-corrected chi connectivity index (χ4v) is 1.70. The van der Waals surface area contributed by atoms with Crippen molar-refractivity contribution in [3.8, 4) is 0 Å². The van der Waals surface area contributed by atoms with Gasteiger partial charge >= 0.3 is 0 Å². The van der Waals surface area contributed by atoms with E-state index in [4.69, 9.17) is 5.73 Å². The molecule has 1 atom stereocenters. The van der Waals surface area contributed by atoms with E-state index in [9.17, 15) is 0 Å². The maximum atomic E-state index is 5.95. The number of aromatic nitrogens is 2. The van der Waals surface area contributed by atoms with Crippen LogP contribution in [-0.2, 0) is 6.54 Å². The van der Waals surface area contributed by atoms with Gasteiger partial charge in [0.05, 0.1) is 17.4 Å². The smallest absolute Gasteiger partial charge is 0.0958 e. The van der Waals surface area contributed by atoms with Crippen LogP contribution in [-0.4, -0.2) is 15.6 Å². The lowest BCUT2D eigenvalue weighted by Crippen LogP contribution is -2.24. The molecule has 78 valence electrons. The third-order valence-corrected chi connectivity index (χ3v) is 2.43. The number of nitrogens with two attached hydrogens (primary N) is 1. The van der Waals surface area contributed by atoms with Crippen LogP contribution in [0.2, 0.25) is 0 Å². The molecule has 0 radical (unpaired) electrons. The Labute approximate surface area is 89.2 Å². The Morgan fingerprint density at radius 1 is 1.47 bits per heavy atom. The van der Waals surface area contributed by atoms with Crippen LogP contribution in [0, 0.1) is 0 Å². The van der Waals surface area contributed by atoms with Crippen molar-refractivity contribution in [1.29, 1.82) is 0 Å². The van der Waals surface area contributed by atoms with Crippen molar-refractivity contribution in [2.75, 3.05) is 0 Å². The van der Waals surface area contributed by atoms with Gasteiger partial charge in [-0.05, 0) is 18.6 Å². The van der Waals surface area contributed by atoms with Gasteiger partial charge in [-0.25, -0.2) is 4.98 Å². The topological polar surface area (TPSA) is 43.8 Å². The van der Waals surface area contributed by atoms with Crippen LogP contribution in [0.15, 0.2) is 43.2 Å². The third-order valence-electron chi connectivity index (χ3n) is 2.43. The highest BCUT2D eigenvalue weighted by Crippen LogP contribution is 2.12. The maximum absolute atomic E-state index is 5.95. The molecular formula is C12H15N3. The number of para-hydroxylation sites is 2. The predicted molar refractivity (Wildman–Crippen MR) is 62.5 cm³/mol. The first-order valence-electron chi connectivity index (χ1n) is 5.07. The summed E-state index contributed by atoms with van der Waals surface area (Å²) in [7, 11) is 0. The quantitative estimate of drug-likeness (QED) is 0.768. The van der Waals surface area contributed by atoms with Gasteiger partial charge in [-0.3, -0.25) is 0 Å². The molecule has 0 aliphatic rings. The molecule has 2 aromatic rings.